The number of nitrogens with one attached hydrogen (secondary N) is 1. The molecule has 0 aliphatic rings. The number of rotatable bonds is 6. The smallest absolute Gasteiger partial charge is 0.227 e. The lowest BCUT2D eigenvalue weighted by atomic mass is 9.99. The molecular formula is C18H21N3O2S2. The molecule has 3 aromatic heterocycles. The van der Waals surface area contributed by atoms with Crippen molar-refractivity contribution in [3.63, 3.8) is 0 Å². The summed E-state index contributed by atoms with van der Waals surface area (Å²) in [5.74, 6) is 0.450. The molecule has 25 heavy (non-hydrogen) atoms. The Labute approximate surface area is 155 Å². The Bertz CT molecular complexity index is 859. The fourth-order valence-electron chi connectivity index (χ4n) is 2.83. The predicted octanol–water partition coefficient (Wildman–Crippen LogP) is 4.25. The SMILES string of the molecule is Cc1nc(-c2ccc(CCNC(=O)C(C)c3c(C)noc3C)s2)cs1. The average molecular weight is 376 g/mol. The number of nitrogens with zero attached hydrogens (tertiary/aromatic N) is 2. The van der Waals surface area contributed by atoms with Crippen molar-refractivity contribution >= 4 is 28.6 Å². The molecule has 0 bridgehead atoms. The molecule has 0 aromatic carbocycles. The maximum Gasteiger partial charge on any atom is 0.227 e. The fourth-order valence-corrected chi connectivity index (χ4v) is 4.48. The van der Waals surface area contributed by atoms with Crippen molar-refractivity contribution in [1.29, 1.82) is 0 Å². The number of aromatic nitrogens is 2. The van der Waals surface area contributed by atoms with Crippen LogP contribution < -0.4 is 5.32 Å². The molecule has 7 heteroatoms. The Morgan fingerprint density at radius 2 is 2.12 bits per heavy atom. The molecule has 0 radical (unpaired) electrons. The zero-order valence-corrected chi connectivity index (χ0v) is 16.4. The number of hydrogen-bond donors (Lipinski definition) is 1. The first kappa shape index (κ1) is 17.8. The van der Waals surface area contributed by atoms with E-state index < -0.39 is 0 Å². The molecule has 0 saturated heterocycles. The molecule has 3 heterocycles. The van der Waals surface area contributed by atoms with Gasteiger partial charge in [-0.2, -0.15) is 0 Å². The van der Waals surface area contributed by atoms with Crippen LogP contribution in [0.4, 0.5) is 0 Å². The molecule has 132 valence electrons. The van der Waals surface area contributed by atoms with Crippen LogP contribution in [0.25, 0.3) is 10.6 Å². The highest BCUT2D eigenvalue weighted by Gasteiger charge is 2.22. The molecular weight excluding hydrogens is 354 g/mol. The van der Waals surface area contributed by atoms with Crippen molar-refractivity contribution in [3.8, 4) is 10.6 Å². The van der Waals surface area contributed by atoms with Crippen molar-refractivity contribution in [3.05, 3.63) is 44.4 Å². The van der Waals surface area contributed by atoms with E-state index in [1.807, 2.05) is 27.7 Å². The Hall–Kier alpha value is -1.99. The predicted molar refractivity (Wildman–Crippen MR) is 101 cm³/mol. The lowest BCUT2D eigenvalue weighted by Gasteiger charge is -2.11. The minimum Gasteiger partial charge on any atom is -0.361 e. The maximum absolute atomic E-state index is 12.4. The van der Waals surface area contributed by atoms with Gasteiger partial charge in [0.25, 0.3) is 0 Å². The molecule has 0 saturated carbocycles. The topological polar surface area (TPSA) is 68.0 Å². The summed E-state index contributed by atoms with van der Waals surface area (Å²) in [5, 5.41) is 10.1. The van der Waals surface area contributed by atoms with Crippen LogP contribution in [0.5, 0.6) is 0 Å². The van der Waals surface area contributed by atoms with Gasteiger partial charge in [0.2, 0.25) is 5.91 Å². The zero-order chi connectivity index (χ0) is 18.0. The van der Waals surface area contributed by atoms with E-state index in [1.165, 1.54) is 9.75 Å². The summed E-state index contributed by atoms with van der Waals surface area (Å²) in [6.45, 7) is 8.21. The third-order valence-electron chi connectivity index (χ3n) is 4.12. The summed E-state index contributed by atoms with van der Waals surface area (Å²) < 4.78 is 5.15. The molecule has 3 rings (SSSR count). The third kappa shape index (κ3) is 3.99. The monoisotopic (exact) mass is 375 g/mol. The average Bonchev–Trinajstić information content (AvgIpc) is 3.28. The first-order valence-electron chi connectivity index (χ1n) is 8.17. The molecule has 1 N–H and O–H groups in total. The largest absolute Gasteiger partial charge is 0.361 e. The van der Waals surface area contributed by atoms with E-state index in [2.05, 4.69) is 33.0 Å². The fraction of sp³-hybridized carbons (Fsp3) is 0.389. The number of thiophene rings is 1. The van der Waals surface area contributed by atoms with Crippen LogP contribution in [0.1, 0.15) is 39.7 Å². The standard InChI is InChI=1S/C18H21N3O2S2/c1-10(17-11(2)21-23-12(17)3)18(22)19-8-7-14-5-6-16(25-14)15-9-24-13(4)20-15/h5-6,9-10H,7-8H2,1-4H3,(H,19,22). The van der Waals surface area contributed by atoms with Gasteiger partial charge in [0.1, 0.15) is 5.76 Å². The number of amides is 1. The van der Waals surface area contributed by atoms with Gasteiger partial charge in [-0.3, -0.25) is 4.79 Å². The first-order chi connectivity index (χ1) is 12.0. The van der Waals surface area contributed by atoms with Crippen molar-refractivity contribution in [1.82, 2.24) is 15.5 Å². The van der Waals surface area contributed by atoms with Crippen LogP contribution in [-0.4, -0.2) is 22.6 Å². The van der Waals surface area contributed by atoms with Gasteiger partial charge in [0.15, 0.2) is 0 Å². The maximum atomic E-state index is 12.4. The van der Waals surface area contributed by atoms with Gasteiger partial charge in [-0.1, -0.05) is 5.16 Å². The van der Waals surface area contributed by atoms with Crippen LogP contribution in [0.15, 0.2) is 22.0 Å². The second-order valence-electron chi connectivity index (χ2n) is 6.02. The molecule has 1 atom stereocenters. The van der Waals surface area contributed by atoms with Crippen molar-refractivity contribution in [2.75, 3.05) is 6.54 Å². The minimum atomic E-state index is -0.261. The Balaban J connectivity index is 1.54. The van der Waals surface area contributed by atoms with Crippen molar-refractivity contribution in [2.24, 2.45) is 0 Å². The van der Waals surface area contributed by atoms with E-state index in [0.29, 0.717) is 12.3 Å². The summed E-state index contributed by atoms with van der Waals surface area (Å²) in [7, 11) is 0. The molecule has 0 aliphatic heterocycles. The molecule has 1 amide bonds. The third-order valence-corrected chi connectivity index (χ3v) is 6.06. The van der Waals surface area contributed by atoms with Crippen LogP contribution in [-0.2, 0) is 11.2 Å². The second kappa shape index (κ2) is 7.49. The number of carbonyl (C=O) groups is 1. The molecule has 0 fully saturated rings. The van der Waals surface area contributed by atoms with Gasteiger partial charge in [-0.15, -0.1) is 22.7 Å². The molecule has 0 aliphatic carbocycles. The highest BCUT2D eigenvalue weighted by atomic mass is 32.1. The van der Waals surface area contributed by atoms with Crippen LogP contribution in [0.3, 0.4) is 0 Å². The second-order valence-corrected chi connectivity index (χ2v) is 8.25. The quantitative estimate of drug-likeness (QED) is 0.699. The zero-order valence-electron chi connectivity index (χ0n) is 14.8. The van der Waals surface area contributed by atoms with Crippen molar-refractivity contribution < 1.29 is 9.32 Å². The molecule has 1 unspecified atom stereocenters. The number of hydrogen-bond acceptors (Lipinski definition) is 6. The van der Waals surface area contributed by atoms with E-state index in [-0.39, 0.29) is 11.8 Å². The van der Waals surface area contributed by atoms with Gasteiger partial charge < -0.3 is 9.84 Å². The summed E-state index contributed by atoms with van der Waals surface area (Å²) >= 11 is 3.39. The summed E-state index contributed by atoms with van der Waals surface area (Å²) in [6, 6.07) is 4.21. The van der Waals surface area contributed by atoms with Gasteiger partial charge >= 0.3 is 0 Å². The van der Waals surface area contributed by atoms with E-state index in [0.717, 1.165) is 28.4 Å². The Morgan fingerprint density at radius 3 is 2.76 bits per heavy atom. The van der Waals surface area contributed by atoms with E-state index >= 15 is 0 Å². The Morgan fingerprint density at radius 1 is 1.32 bits per heavy atom. The highest BCUT2D eigenvalue weighted by Crippen LogP contribution is 2.29. The van der Waals surface area contributed by atoms with E-state index in [9.17, 15) is 4.79 Å². The van der Waals surface area contributed by atoms with E-state index in [4.69, 9.17) is 4.52 Å². The Kier molecular flexibility index (Phi) is 5.34. The van der Waals surface area contributed by atoms with Crippen LogP contribution in [0, 0.1) is 20.8 Å². The van der Waals surface area contributed by atoms with Gasteiger partial charge in [0.05, 0.1) is 27.2 Å². The number of aryl methyl sites for hydroxylation is 3. The van der Waals surface area contributed by atoms with Crippen LogP contribution in [0.2, 0.25) is 0 Å². The van der Waals surface area contributed by atoms with Gasteiger partial charge in [-0.25, -0.2) is 4.98 Å². The molecule has 0 spiro atoms. The molecule has 3 aromatic rings. The minimum absolute atomic E-state index is 0.00121. The lowest BCUT2D eigenvalue weighted by Crippen LogP contribution is -2.30. The summed E-state index contributed by atoms with van der Waals surface area (Å²) in [4.78, 5) is 19.3. The van der Waals surface area contributed by atoms with Crippen LogP contribution >= 0.6 is 22.7 Å². The summed E-state index contributed by atoms with van der Waals surface area (Å²) in [6.07, 6.45) is 0.813. The number of thiazole rings is 1. The van der Waals surface area contributed by atoms with Gasteiger partial charge in [0, 0.05) is 22.4 Å². The lowest BCUT2D eigenvalue weighted by molar-refractivity contribution is -0.122. The normalized spacial score (nSPS) is 12.3. The highest BCUT2D eigenvalue weighted by molar-refractivity contribution is 7.16. The first-order valence-corrected chi connectivity index (χ1v) is 9.87. The van der Waals surface area contributed by atoms with E-state index in [1.54, 1.807) is 22.7 Å². The molecule has 5 nitrogen and oxygen atoms in total. The van der Waals surface area contributed by atoms with Gasteiger partial charge in [-0.05, 0) is 46.2 Å². The van der Waals surface area contributed by atoms with Crippen molar-refractivity contribution in [2.45, 2.75) is 40.0 Å². The number of carbonyl (C=O) groups excluding carboxylic acids is 1. The summed E-state index contributed by atoms with van der Waals surface area (Å²) in [5.41, 5.74) is 2.70.